The summed E-state index contributed by atoms with van der Waals surface area (Å²) in [6.07, 6.45) is 5.09. The Hall–Kier alpha value is -0.410. The molecule has 1 N–H and O–H groups in total. The Kier molecular flexibility index (Phi) is 3.88. The number of hydrogen-bond acceptors (Lipinski definition) is 3. The minimum Gasteiger partial charge on any atom is -0.306 e. The molecule has 1 atom stereocenters. The predicted molar refractivity (Wildman–Crippen MR) is 74.6 cm³/mol. The fourth-order valence-electron chi connectivity index (χ4n) is 2.47. The summed E-state index contributed by atoms with van der Waals surface area (Å²) in [7, 11) is 0. The molecule has 17 heavy (non-hydrogen) atoms. The summed E-state index contributed by atoms with van der Waals surface area (Å²) in [5.41, 5.74) is 1.41. The lowest BCUT2D eigenvalue weighted by Gasteiger charge is -2.32. The molecule has 1 heterocycles. The third kappa shape index (κ3) is 2.41. The predicted octanol–water partition coefficient (Wildman–Crippen LogP) is 3.50. The molecule has 1 aromatic heterocycles. The van der Waals surface area contributed by atoms with E-state index in [1.807, 2.05) is 11.3 Å². The van der Waals surface area contributed by atoms with E-state index >= 15 is 0 Å². The molecule has 0 saturated heterocycles. The fourth-order valence-corrected chi connectivity index (χ4v) is 3.89. The van der Waals surface area contributed by atoms with Gasteiger partial charge in [0, 0.05) is 4.88 Å². The number of hydrogen-bond donors (Lipinski definition) is 1. The minimum absolute atomic E-state index is 0.0384. The summed E-state index contributed by atoms with van der Waals surface area (Å²) < 4.78 is 0. The van der Waals surface area contributed by atoms with E-state index in [1.165, 1.54) is 41.3 Å². The molecule has 3 heteroatoms. The molecule has 0 radical (unpaired) electrons. The third-order valence-electron chi connectivity index (χ3n) is 3.99. The number of thiazole rings is 1. The molecule has 0 aliphatic heterocycles. The second kappa shape index (κ2) is 5.07. The Balaban J connectivity index is 2.33. The van der Waals surface area contributed by atoms with Crippen molar-refractivity contribution in [1.82, 2.24) is 10.3 Å². The van der Waals surface area contributed by atoms with Crippen LogP contribution in [0, 0.1) is 5.92 Å². The van der Waals surface area contributed by atoms with E-state index in [2.05, 4.69) is 33.0 Å². The molecule has 1 aliphatic rings. The largest absolute Gasteiger partial charge is 0.306 e. The summed E-state index contributed by atoms with van der Waals surface area (Å²) in [4.78, 5) is 6.46. The average molecular weight is 252 g/mol. The van der Waals surface area contributed by atoms with E-state index in [9.17, 15) is 0 Å². The SMILES string of the molecule is CCNC(C)(c1nc2c(s1)CCCC2)C(C)C. The Morgan fingerprint density at radius 2 is 2.06 bits per heavy atom. The van der Waals surface area contributed by atoms with E-state index in [1.54, 1.807) is 0 Å². The summed E-state index contributed by atoms with van der Waals surface area (Å²) in [6.45, 7) is 10.0. The van der Waals surface area contributed by atoms with Gasteiger partial charge in [0.2, 0.25) is 0 Å². The first-order chi connectivity index (χ1) is 8.08. The van der Waals surface area contributed by atoms with E-state index in [0.29, 0.717) is 5.92 Å². The highest BCUT2D eigenvalue weighted by Gasteiger charge is 2.33. The molecular formula is C14H24N2S. The van der Waals surface area contributed by atoms with Gasteiger partial charge in [-0.25, -0.2) is 4.98 Å². The smallest absolute Gasteiger partial charge is 0.113 e. The van der Waals surface area contributed by atoms with Crippen molar-refractivity contribution in [2.24, 2.45) is 5.92 Å². The molecule has 1 unspecified atom stereocenters. The van der Waals surface area contributed by atoms with Crippen molar-refractivity contribution in [2.45, 2.75) is 58.9 Å². The summed E-state index contributed by atoms with van der Waals surface area (Å²) in [6, 6.07) is 0. The molecular weight excluding hydrogens is 228 g/mol. The minimum atomic E-state index is 0.0384. The quantitative estimate of drug-likeness (QED) is 0.887. The van der Waals surface area contributed by atoms with E-state index in [-0.39, 0.29) is 5.54 Å². The molecule has 1 aliphatic carbocycles. The van der Waals surface area contributed by atoms with Crippen molar-refractivity contribution in [1.29, 1.82) is 0 Å². The van der Waals surface area contributed by atoms with E-state index in [4.69, 9.17) is 4.98 Å². The van der Waals surface area contributed by atoms with Gasteiger partial charge in [0.05, 0.1) is 11.2 Å². The number of fused-ring (bicyclic) bond motifs is 1. The third-order valence-corrected chi connectivity index (χ3v) is 5.38. The number of rotatable bonds is 4. The zero-order chi connectivity index (χ0) is 12.5. The Morgan fingerprint density at radius 1 is 1.35 bits per heavy atom. The van der Waals surface area contributed by atoms with Gasteiger partial charge < -0.3 is 5.32 Å². The van der Waals surface area contributed by atoms with Crippen LogP contribution in [0.5, 0.6) is 0 Å². The number of aryl methyl sites for hydroxylation is 2. The van der Waals surface area contributed by atoms with Crippen LogP contribution >= 0.6 is 11.3 Å². The van der Waals surface area contributed by atoms with Gasteiger partial charge in [0.25, 0.3) is 0 Å². The monoisotopic (exact) mass is 252 g/mol. The standard InChI is InChI=1S/C14H24N2S/c1-5-15-14(4,10(2)3)13-16-11-8-6-7-9-12(11)17-13/h10,15H,5-9H2,1-4H3. The maximum atomic E-state index is 4.92. The number of nitrogens with one attached hydrogen (secondary N) is 1. The number of aromatic nitrogens is 1. The van der Waals surface area contributed by atoms with Gasteiger partial charge in [-0.3, -0.25) is 0 Å². The van der Waals surface area contributed by atoms with Gasteiger partial charge in [-0.15, -0.1) is 11.3 Å². The average Bonchev–Trinajstić information content (AvgIpc) is 2.72. The lowest BCUT2D eigenvalue weighted by atomic mass is 9.89. The maximum Gasteiger partial charge on any atom is 0.113 e. The first kappa shape index (κ1) is 13.0. The molecule has 2 nitrogen and oxygen atoms in total. The molecule has 0 amide bonds. The fraction of sp³-hybridized carbons (Fsp3) is 0.786. The molecule has 0 bridgehead atoms. The lowest BCUT2D eigenvalue weighted by Crippen LogP contribution is -2.43. The zero-order valence-electron chi connectivity index (χ0n) is 11.5. The Bertz CT molecular complexity index is 360. The molecule has 0 saturated carbocycles. The topological polar surface area (TPSA) is 24.9 Å². The van der Waals surface area contributed by atoms with Crippen molar-refractivity contribution in [2.75, 3.05) is 6.54 Å². The van der Waals surface area contributed by atoms with Gasteiger partial charge in [-0.2, -0.15) is 0 Å². The zero-order valence-corrected chi connectivity index (χ0v) is 12.3. The van der Waals surface area contributed by atoms with Crippen LogP contribution in [0.25, 0.3) is 0 Å². The summed E-state index contributed by atoms with van der Waals surface area (Å²) >= 11 is 1.94. The molecule has 96 valence electrons. The van der Waals surface area contributed by atoms with Crippen LogP contribution in [0.3, 0.4) is 0 Å². The van der Waals surface area contributed by atoms with Gasteiger partial charge >= 0.3 is 0 Å². The second-order valence-corrected chi connectivity index (χ2v) is 6.57. The van der Waals surface area contributed by atoms with Gasteiger partial charge in [0.1, 0.15) is 5.01 Å². The normalized spacial score (nSPS) is 19.1. The molecule has 1 aromatic rings. The van der Waals surface area contributed by atoms with Crippen molar-refractivity contribution < 1.29 is 0 Å². The highest BCUT2D eigenvalue weighted by molar-refractivity contribution is 7.11. The first-order valence-corrected chi connectivity index (χ1v) is 7.63. The Morgan fingerprint density at radius 3 is 2.65 bits per heavy atom. The van der Waals surface area contributed by atoms with Crippen molar-refractivity contribution in [3.05, 3.63) is 15.6 Å². The molecule has 0 fully saturated rings. The second-order valence-electron chi connectivity index (χ2n) is 5.48. The summed E-state index contributed by atoms with van der Waals surface area (Å²) in [5.74, 6) is 0.565. The van der Waals surface area contributed by atoms with Gasteiger partial charge in [0.15, 0.2) is 0 Å². The van der Waals surface area contributed by atoms with Crippen molar-refractivity contribution in [3.8, 4) is 0 Å². The van der Waals surface area contributed by atoms with E-state index < -0.39 is 0 Å². The molecule has 2 rings (SSSR count). The van der Waals surface area contributed by atoms with Crippen LogP contribution in [0.2, 0.25) is 0 Å². The molecule has 0 aromatic carbocycles. The van der Waals surface area contributed by atoms with Crippen LogP contribution in [0.15, 0.2) is 0 Å². The van der Waals surface area contributed by atoms with E-state index in [0.717, 1.165) is 6.54 Å². The first-order valence-electron chi connectivity index (χ1n) is 6.82. The van der Waals surface area contributed by atoms with Crippen LogP contribution < -0.4 is 5.32 Å². The van der Waals surface area contributed by atoms with Crippen LogP contribution in [0.4, 0.5) is 0 Å². The highest BCUT2D eigenvalue weighted by Crippen LogP contribution is 2.36. The van der Waals surface area contributed by atoms with Gasteiger partial charge in [-0.1, -0.05) is 20.8 Å². The highest BCUT2D eigenvalue weighted by atomic mass is 32.1. The van der Waals surface area contributed by atoms with Crippen molar-refractivity contribution >= 4 is 11.3 Å². The number of nitrogens with zero attached hydrogens (tertiary/aromatic N) is 1. The van der Waals surface area contributed by atoms with Crippen LogP contribution in [-0.2, 0) is 18.4 Å². The Labute approximate surface area is 109 Å². The van der Waals surface area contributed by atoms with Crippen molar-refractivity contribution in [3.63, 3.8) is 0 Å². The van der Waals surface area contributed by atoms with Crippen LogP contribution in [-0.4, -0.2) is 11.5 Å². The van der Waals surface area contributed by atoms with Gasteiger partial charge in [-0.05, 0) is 45.1 Å². The maximum absolute atomic E-state index is 4.92. The molecule has 0 spiro atoms. The lowest BCUT2D eigenvalue weighted by molar-refractivity contribution is 0.270. The summed E-state index contributed by atoms with van der Waals surface area (Å²) in [5, 5.41) is 4.92. The van der Waals surface area contributed by atoms with Crippen LogP contribution in [0.1, 0.15) is 56.1 Å².